The van der Waals surface area contributed by atoms with Crippen LogP contribution in [0.15, 0.2) is 12.2 Å². The van der Waals surface area contributed by atoms with Gasteiger partial charge in [0.1, 0.15) is 13.2 Å². The number of carbonyl (C=O) groups excluding carboxylic acids is 1. The second-order valence-electron chi connectivity index (χ2n) is 2.60. The fraction of sp³-hybridized carbons (Fsp3) is 0.667. The van der Waals surface area contributed by atoms with Crippen molar-refractivity contribution >= 4 is 21.9 Å². The predicted molar refractivity (Wildman–Crippen MR) is 56.1 cm³/mol. The van der Waals surface area contributed by atoms with Crippen molar-refractivity contribution in [2.45, 2.75) is 13.3 Å². The van der Waals surface area contributed by atoms with E-state index in [1.54, 1.807) is 6.92 Å². The van der Waals surface area contributed by atoms with Crippen molar-refractivity contribution in [1.29, 1.82) is 0 Å². The van der Waals surface area contributed by atoms with Crippen LogP contribution in [0.3, 0.4) is 0 Å². The number of hydrogen-bond donors (Lipinski definition) is 0. The van der Waals surface area contributed by atoms with Gasteiger partial charge in [0.15, 0.2) is 0 Å². The Kier molecular flexibility index (Phi) is 8.92. The van der Waals surface area contributed by atoms with Gasteiger partial charge >= 0.3 is 5.97 Å². The van der Waals surface area contributed by atoms with Gasteiger partial charge in [-0.2, -0.15) is 0 Å². The monoisotopic (exact) mass is 266 g/mol. The molecule has 14 heavy (non-hydrogen) atoms. The first-order valence-corrected chi connectivity index (χ1v) is 5.43. The lowest BCUT2D eigenvalue weighted by atomic mass is 10.4. The molecule has 0 heterocycles. The van der Waals surface area contributed by atoms with Crippen LogP contribution in [0.5, 0.6) is 0 Å². The quantitative estimate of drug-likeness (QED) is 0.168. The van der Waals surface area contributed by atoms with Crippen LogP contribution in [0.1, 0.15) is 13.3 Å². The minimum absolute atomic E-state index is 0.181. The van der Waals surface area contributed by atoms with Gasteiger partial charge in [-0.15, -0.1) is 0 Å². The summed E-state index contributed by atoms with van der Waals surface area (Å²) in [6.07, 6.45) is 0.881. The van der Waals surface area contributed by atoms with Gasteiger partial charge in [0.2, 0.25) is 0 Å². The van der Waals surface area contributed by atoms with E-state index >= 15 is 0 Å². The zero-order valence-corrected chi connectivity index (χ0v) is 9.84. The van der Waals surface area contributed by atoms with E-state index in [0.717, 1.165) is 11.8 Å². The van der Waals surface area contributed by atoms with E-state index in [4.69, 9.17) is 14.5 Å². The van der Waals surface area contributed by atoms with Gasteiger partial charge in [0, 0.05) is 10.9 Å². The van der Waals surface area contributed by atoms with E-state index in [9.17, 15) is 4.79 Å². The van der Waals surface area contributed by atoms with Crippen LogP contribution in [-0.4, -0.2) is 31.1 Å². The van der Waals surface area contributed by atoms with Crippen molar-refractivity contribution in [2.24, 2.45) is 0 Å². The normalized spacial score (nSPS) is 9.86. The summed E-state index contributed by atoms with van der Waals surface area (Å²) in [6, 6.07) is 0. The first kappa shape index (κ1) is 13.6. The van der Waals surface area contributed by atoms with Gasteiger partial charge in [-0.05, 0) is 13.3 Å². The molecule has 0 aliphatic carbocycles. The number of esters is 1. The number of hydrogen-bond acceptors (Lipinski definition) is 4. The minimum atomic E-state index is -0.408. The Hall–Kier alpha value is -0.390. The molecule has 0 aromatic carbocycles. The molecule has 0 spiro atoms. The Bertz CT molecular complexity index is 182. The number of rotatable bonds is 8. The Morgan fingerprint density at radius 2 is 1.93 bits per heavy atom. The molecule has 0 atom stereocenters. The molecule has 0 aliphatic heterocycles. The van der Waals surface area contributed by atoms with Crippen molar-refractivity contribution in [3.8, 4) is 0 Å². The highest BCUT2D eigenvalue weighted by molar-refractivity contribution is 9.09. The molecule has 0 aliphatic rings. The summed E-state index contributed by atoms with van der Waals surface area (Å²) < 4.78 is 4.76. The zero-order chi connectivity index (χ0) is 10.8. The number of carbonyl (C=O) groups is 1. The Morgan fingerprint density at radius 1 is 1.29 bits per heavy atom. The van der Waals surface area contributed by atoms with Crippen molar-refractivity contribution in [1.82, 2.24) is 0 Å². The molecule has 0 fully saturated rings. The molecular formula is C9H15BrO4. The average Bonchev–Trinajstić information content (AvgIpc) is 2.16. The van der Waals surface area contributed by atoms with Gasteiger partial charge in [0.05, 0.1) is 6.61 Å². The lowest BCUT2D eigenvalue weighted by Gasteiger charge is -2.04. The third kappa shape index (κ3) is 8.22. The second-order valence-corrected chi connectivity index (χ2v) is 3.40. The van der Waals surface area contributed by atoms with Gasteiger partial charge in [-0.3, -0.25) is 0 Å². The van der Waals surface area contributed by atoms with E-state index in [2.05, 4.69) is 22.5 Å². The first-order valence-electron chi connectivity index (χ1n) is 4.31. The molecule has 0 rings (SSSR count). The van der Waals surface area contributed by atoms with Crippen molar-refractivity contribution in [2.75, 3.05) is 25.2 Å². The lowest BCUT2D eigenvalue weighted by Crippen LogP contribution is -2.11. The highest BCUT2D eigenvalue weighted by Gasteiger charge is 2.01. The van der Waals surface area contributed by atoms with Gasteiger partial charge in [-0.25, -0.2) is 14.6 Å². The van der Waals surface area contributed by atoms with Crippen LogP contribution in [0, 0.1) is 0 Å². The lowest BCUT2D eigenvalue weighted by molar-refractivity contribution is -0.297. The maximum absolute atomic E-state index is 10.9. The molecule has 0 radical (unpaired) electrons. The molecule has 0 aromatic heterocycles. The standard InChI is InChI=1S/C9H15BrO4/c1-8(2)9(11)12-6-7-14-13-5-3-4-10/h1,3-7H2,2H3. The summed E-state index contributed by atoms with van der Waals surface area (Å²) in [5, 5.41) is 0.876. The summed E-state index contributed by atoms with van der Waals surface area (Å²) in [5.41, 5.74) is 0.380. The highest BCUT2D eigenvalue weighted by atomic mass is 79.9. The topological polar surface area (TPSA) is 44.8 Å². The van der Waals surface area contributed by atoms with Gasteiger partial charge in [-0.1, -0.05) is 22.5 Å². The van der Waals surface area contributed by atoms with E-state index < -0.39 is 5.97 Å². The van der Waals surface area contributed by atoms with Crippen molar-refractivity contribution in [3.63, 3.8) is 0 Å². The van der Waals surface area contributed by atoms with Crippen molar-refractivity contribution < 1.29 is 19.3 Å². The van der Waals surface area contributed by atoms with E-state index in [0.29, 0.717) is 12.2 Å². The highest BCUT2D eigenvalue weighted by Crippen LogP contribution is 1.93. The fourth-order valence-electron chi connectivity index (χ4n) is 0.523. The van der Waals surface area contributed by atoms with Crippen LogP contribution < -0.4 is 0 Å². The van der Waals surface area contributed by atoms with Gasteiger partial charge in [0.25, 0.3) is 0 Å². The van der Waals surface area contributed by atoms with E-state index in [1.165, 1.54) is 0 Å². The summed E-state index contributed by atoms with van der Waals surface area (Å²) >= 11 is 3.25. The van der Waals surface area contributed by atoms with Gasteiger partial charge < -0.3 is 4.74 Å². The minimum Gasteiger partial charge on any atom is -0.460 e. The first-order chi connectivity index (χ1) is 6.68. The number of halogens is 1. The van der Waals surface area contributed by atoms with Crippen LogP contribution in [-0.2, 0) is 19.3 Å². The fourth-order valence-corrected chi connectivity index (χ4v) is 0.752. The van der Waals surface area contributed by atoms with Crippen molar-refractivity contribution in [3.05, 3.63) is 12.2 Å². The maximum atomic E-state index is 10.9. The number of alkyl halides is 1. The van der Waals surface area contributed by atoms with Crippen LogP contribution >= 0.6 is 15.9 Å². The van der Waals surface area contributed by atoms with Crippen LogP contribution in [0.4, 0.5) is 0 Å². The summed E-state index contributed by atoms with van der Waals surface area (Å²) in [6.45, 7) is 5.98. The molecule has 4 nitrogen and oxygen atoms in total. The summed E-state index contributed by atoms with van der Waals surface area (Å²) in [7, 11) is 0. The van der Waals surface area contributed by atoms with E-state index in [-0.39, 0.29) is 13.2 Å². The smallest absolute Gasteiger partial charge is 0.333 e. The molecule has 82 valence electrons. The predicted octanol–water partition coefficient (Wildman–Crippen LogP) is 1.84. The maximum Gasteiger partial charge on any atom is 0.333 e. The Morgan fingerprint density at radius 3 is 2.50 bits per heavy atom. The SMILES string of the molecule is C=C(C)C(=O)OCCOOCCCBr. The molecule has 0 amide bonds. The average molecular weight is 267 g/mol. The molecule has 0 unspecified atom stereocenters. The Balaban J connectivity index is 3.13. The third-order valence-electron chi connectivity index (χ3n) is 1.19. The molecule has 0 aromatic rings. The molecule has 0 bridgehead atoms. The van der Waals surface area contributed by atoms with Crippen LogP contribution in [0.25, 0.3) is 0 Å². The third-order valence-corrected chi connectivity index (χ3v) is 1.75. The number of ether oxygens (including phenoxy) is 1. The summed E-state index contributed by atoms with van der Waals surface area (Å²) in [5.74, 6) is -0.408. The zero-order valence-electron chi connectivity index (χ0n) is 8.25. The van der Waals surface area contributed by atoms with Crippen LogP contribution in [0.2, 0.25) is 0 Å². The Labute approximate surface area is 92.3 Å². The molecule has 0 N–H and O–H groups in total. The molecule has 5 heteroatoms. The molecular weight excluding hydrogens is 252 g/mol. The summed E-state index contributed by atoms with van der Waals surface area (Å²) in [4.78, 5) is 20.4. The largest absolute Gasteiger partial charge is 0.460 e. The second kappa shape index (κ2) is 9.18. The van der Waals surface area contributed by atoms with E-state index in [1.807, 2.05) is 0 Å². The molecule has 0 saturated heterocycles. The molecule has 0 saturated carbocycles.